The minimum absolute atomic E-state index is 0.0102. The Morgan fingerprint density at radius 3 is 3.00 bits per heavy atom. The molecular formula is C13H17N3O. The van der Waals surface area contributed by atoms with E-state index in [2.05, 4.69) is 27.4 Å². The fraction of sp³-hybridized carbons (Fsp3) is 0.385. The second-order valence-electron chi connectivity index (χ2n) is 4.48. The molecule has 1 amide bonds. The van der Waals surface area contributed by atoms with Crippen molar-refractivity contribution >= 4 is 16.9 Å². The van der Waals surface area contributed by atoms with Gasteiger partial charge in [0.15, 0.2) is 0 Å². The predicted molar refractivity (Wildman–Crippen MR) is 67.8 cm³/mol. The van der Waals surface area contributed by atoms with E-state index >= 15 is 0 Å². The fourth-order valence-corrected chi connectivity index (χ4v) is 2.06. The van der Waals surface area contributed by atoms with Crippen molar-refractivity contribution in [1.29, 1.82) is 0 Å². The lowest BCUT2D eigenvalue weighted by molar-refractivity contribution is -0.119. The average Bonchev–Trinajstić information content (AvgIpc) is 2.55. The Morgan fingerprint density at radius 2 is 2.29 bits per heavy atom. The van der Waals surface area contributed by atoms with Gasteiger partial charge in [-0.1, -0.05) is 6.07 Å². The molecule has 0 fully saturated rings. The van der Waals surface area contributed by atoms with Crippen LogP contribution < -0.4 is 5.32 Å². The molecule has 0 saturated carbocycles. The maximum atomic E-state index is 10.9. The molecule has 1 aromatic heterocycles. The summed E-state index contributed by atoms with van der Waals surface area (Å²) in [4.78, 5) is 18.5. The number of nitrogens with one attached hydrogen (secondary N) is 2. The molecular weight excluding hydrogens is 214 g/mol. The molecule has 1 heterocycles. The highest BCUT2D eigenvalue weighted by molar-refractivity contribution is 5.76. The molecule has 2 aromatic rings. The Hall–Kier alpha value is -1.84. The fourth-order valence-electron chi connectivity index (χ4n) is 2.06. The van der Waals surface area contributed by atoms with Crippen LogP contribution in [0.5, 0.6) is 0 Å². The third-order valence-corrected chi connectivity index (χ3v) is 2.66. The van der Waals surface area contributed by atoms with Crippen LogP contribution in [0.4, 0.5) is 0 Å². The second-order valence-corrected chi connectivity index (χ2v) is 4.48. The molecule has 1 aromatic carbocycles. The Kier molecular flexibility index (Phi) is 3.13. The van der Waals surface area contributed by atoms with Gasteiger partial charge in [0.25, 0.3) is 0 Å². The van der Waals surface area contributed by atoms with Gasteiger partial charge in [0, 0.05) is 13.0 Å². The van der Waals surface area contributed by atoms with E-state index in [1.54, 1.807) is 0 Å². The van der Waals surface area contributed by atoms with Gasteiger partial charge in [-0.05, 0) is 38.0 Å². The summed E-state index contributed by atoms with van der Waals surface area (Å²) in [5.41, 5.74) is 3.23. The quantitative estimate of drug-likeness (QED) is 0.848. The second kappa shape index (κ2) is 4.57. The normalized spacial score (nSPS) is 12.6. The zero-order valence-electron chi connectivity index (χ0n) is 10.4. The van der Waals surface area contributed by atoms with Crippen molar-refractivity contribution in [3.05, 3.63) is 29.6 Å². The van der Waals surface area contributed by atoms with Crippen LogP contribution in [0.3, 0.4) is 0 Å². The van der Waals surface area contributed by atoms with Gasteiger partial charge in [0.05, 0.1) is 11.0 Å². The van der Waals surface area contributed by atoms with E-state index in [-0.39, 0.29) is 11.9 Å². The maximum Gasteiger partial charge on any atom is 0.217 e. The van der Waals surface area contributed by atoms with Crippen LogP contribution in [0.2, 0.25) is 0 Å². The summed E-state index contributed by atoms with van der Waals surface area (Å²) in [5.74, 6) is 0.933. The van der Waals surface area contributed by atoms with Gasteiger partial charge in [-0.3, -0.25) is 4.79 Å². The molecule has 1 atom stereocenters. The molecule has 2 N–H and O–H groups in total. The number of nitrogens with zero attached hydrogens (tertiary/aromatic N) is 1. The lowest BCUT2D eigenvalue weighted by atomic mass is 10.1. The summed E-state index contributed by atoms with van der Waals surface area (Å²) in [6.07, 6.45) is 0.827. The molecule has 90 valence electrons. The topological polar surface area (TPSA) is 57.8 Å². The Morgan fingerprint density at radius 1 is 1.53 bits per heavy atom. The molecule has 0 aliphatic rings. The van der Waals surface area contributed by atoms with Crippen molar-refractivity contribution in [2.75, 3.05) is 0 Å². The van der Waals surface area contributed by atoms with E-state index in [0.717, 1.165) is 23.3 Å². The number of amides is 1. The number of aromatic nitrogens is 2. The summed E-state index contributed by atoms with van der Waals surface area (Å²) in [6, 6.07) is 6.30. The molecule has 0 bridgehead atoms. The first kappa shape index (κ1) is 11.6. The molecule has 1 unspecified atom stereocenters. The van der Waals surface area contributed by atoms with Crippen molar-refractivity contribution < 1.29 is 4.79 Å². The lowest BCUT2D eigenvalue weighted by Gasteiger charge is -2.12. The predicted octanol–water partition coefficient (Wildman–Crippen LogP) is 1.94. The average molecular weight is 231 g/mol. The summed E-state index contributed by atoms with van der Waals surface area (Å²) in [6.45, 7) is 5.49. The Labute approximate surface area is 100 Å². The Balaban J connectivity index is 2.16. The van der Waals surface area contributed by atoms with Crippen LogP contribution in [0, 0.1) is 6.92 Å². The van der Waals surface area contributed by atoms with Crippen molar-refractivity contribution in [3.8, 4) is 0 Å². The van der Waals surface area contributed by atoms with Crippen LogP contribution in [0.25, 0.3) is 11.0 Å². The number of hydrogen-bond acceptors (Lipinski definition) is 2. The molecule has 0 spiro atoms. The Bertz CT molecular complexity index is 545. The third kappa shape index (κ3) is 2.84. The summed E-state index contributed by atoms with van der Waals surface area (Å²) in [5, 5.41) is 2.88. The largest absolute Gasteiger partial charge is 0.354 e. The standard InChI is InChI=1S/C13H17N3O/c1-8(14-10(3)17)6-11-4-5-12-13(7-11)16-9(2)15-12/h4-5,7-8H,6H2,1-3H3,(H,14,17)(H,15,16). The van der Waals surface area contributed by atoms with Gasteiger partial charge in [-0.15, -0.1) is 0 Å². The van der Waals surface area contributed by atoms with E-state index in [1.165, 1.54) is 12.5 Å². The molecule has 17 heavy (non-hydrogen) atoms. The van der Waals surface area contributed by atoms with Crippen molar-refractivity contribution in [1.82, 2.24) is 15.3 Å². The van der Waals surface area contributed by atoms with Crippen LogP contribution in [-0.4, -0.2) is 21.9 Å². The first-order chi connectivity index (χ1) is 8.04. The van der Waals surface area contributed by atoms with E-state index in [4.69, 9.17) is 0 Å². The van der Waals surface area contributed by atoms with Gasteiger partial charge in [-0.25, -0.2) is 4.98 Å². The first-order valence-corrected chi connectivity index (χ1v) is 5.77. The van der Waals surface area contributed by atoms with Crippen molar-refractivity contribution in [2.45, 2.75) is 33.2 Å². The highest BCUT2D eigenvalue weighted by Crippen LogP contribution is 2.14. The van der Waals surface area contributed by atoms with Gasteiger partial charge in [-0.2, -0.15) is 0 Å². The van der Waals surface area contributed by atoms with Crippen LogP contribution in [-0.2, 0) is 11.2 Å². The molecule has 2 rings (SSSR count). The van der Waals surface area contributed by atoms with E-state index < -0.39 is 0 Å². The van der Waals surface area contributed by atoms with Gasteiger partial charge >= 0.3 is 0 Å². The molecule has 0 aliphatic carbocycles. The molecule has 0 aliphatic heterocycles. The number of carbonyl (C=O) groups is 1. The molecule has 0 radical (unpaired) electrons. The summed E-state index contributed by atoms with van der Waals surface area (Å²) in [7, 11) is 0. The number of imidazole rings is 1. The van der Waals surface area contributed by atoms with Crippen molar-refractivity contribution in [3.63, 3.8) is 0 Å². The summed E-state index contributed by atoms with van der Waals surface area (Å²) < 4.78 is 0. The number of carbonyl (C=O) groups excluding carboxylic acids is 1. The zero-order valence-corrected chi connectivity index (χ0v) is 10.4. The van der Waals surface area contributed by atoms with Crippen molar-refractivity contribution in [2.24, 2.45) is 0 Å². The molecule has 0 saturated heterocycles. The minimum Gasteiger partial charge on any atom is -0.354 e. The minimum atomic E-state index is 0.0102. The highest BCUT2D eigenvalue weighted by Gasteiger charge is 2.06. The van der Waals surface area contributed by atoms with E-state index in [9.17, 15) is 4.79 Å². The first-order valence-electron chi connectivity index (χ1n) is 5.77. The third-order valence-electron chi connectivity index (χ3n) is 2.66. The lowest BCUT2D eigenvalue weighted by Crippen LogP contribution is -2.31. The monoisotopic (exact) mass is 231 g/mol. The van der Waals surface area contributed by atoms with Crippen LogP contribution in [0.15, 0.2) is 18.2 Å². The maximum absolute atomic E-state index is 10.9. The van der Waals surface area contributed by atoms with E-state index in [0.29, 0.717) is 0 Å². The van der Waals surface area contributed by atoms with Gasteiger partial charge < -0.3 is 10.3 Å². The SMILES string of the molecule is CC(=O)NC(C)Cc1ccc2nc(C)[nH]c2c1. The number of fused-ring (bicyclic) bond motifs is 1. The number of aryl methyl sites for hydroxylation is 1. The van der Waals surface area contributed by atoms with E-state index in [1.807, 2.05) is 19.9 Å². The van der Waals surface area contributed by atoms with Gasteiger partial charge in [0.1, 0.15) is 5.82 Å². The highest BCUT2D eigenvalue weighted by atomic mass is 16.1. The molecule has 4 heteroatoms. The van der Waals surface area contributed by atoms with Crippen LogP contribution >= 0.6 is 0 Å². The number of rotatable bonds is 3. The van der Waals surface area contributed by atoms with Crippen LogP contribution in [0.1, 0.15) is 25.2 Å². The number of aromatic amines is 1. The number of H-pyrrole nitrogens is 1. The van der Waals surface area contributed by atoms with Gasteiger partial charge in [0.2, 0.25) is 5.91 Å². The number of hydrogen-bond donors (Lipinski definition) is 2. The smallest absolute Gasteiger partial charge is 0.217 e. The summed E-state index contributed by atoms with van der Waals surface area (Å²) >= 11 is 0. The number of benzene rings is 1. The molecule has 4 nitrogen and oxygen atoms in total. The zero-order chi connectivity index (χ0) is 12.4.